The van der Waals surface area contributed by atoms with Crippen LogP contribution in [0, 0.1) is 0 Å². The Bertz CT molecular complexity index is 461. The van der Waals surface area contributed by atoms with E-state index in [1.807, 2.05) is 0 Å². The molecule has 17 heavy (non-hydrogen) atoms. The molecule has 0 atom stereocenters. The Hall–Kier alpha value is -1.39. The second kappa shape index (κ2) is 5.80. The van der Waals surface area contributed by atoms with E-state index < -0.39 is 0 Å². The molecule has 2 aromatic rings. The predicted molar refractivity (Wildman–Crippen MR) is 71.0 cm³/mol. The summed E-state index contributed by atoms with van der Waals surface area (Å²) < 4.78 is 0. The molecule has 0 saturated carbocycles. The van der Waals surface area contributed by atoms with Gasteiger partial charge in [-0.2, -0.15) is 0 Å². The van der Waals surface area contributed by atoms with Gasteiger partial charge in [0.25, 0.3) is 0 Å². The molecule has 0 aliphatic carbocycles. The molecule has 0 fully saturated rings. The standard InChI is InChI=1S/C13H20N4/c1-17(2)7-3-6-14-9-11-4-5-12-13(8-11)16-10-15-12/h4-5,8,10,14H,3,6-7,9H2,1-2H3,(H,15,16). The fourth-order valence-electron chi connectivity index (χ4n) is 1.85. The van der Waals surface area contributed by atoms with E-state index in [1.165, 1.54) is 12.0 Å². The number of fused-ring (bicyclic) bond motifs is 1. The quantitative estimate of drug-likeness (QED) is 0.744. The van der Waals surface area contributed by atoms with Gasteiger partial charge >= 0.3 is 0 Å². The van der Waals surface area contributed by atoms with E-state index in [2.05, 4.69) is 52.5 Å². The fraction of sp³-hybridized carbons (Fsp3) is 0.462. The maximum absolute atomic E-state index is 4.21. The molecule has 92 valence electrons. The highest BCUT2D eigenvalue weighted by molar-refractivity contribution is 5.74. The molecular weight excluding hydrogens is 212 g/mol. The first kappa shape index (κ1) is 12.1. The summed E-state index contributed by atoms with van der Waals surface area (Å²) in [5, 5.41) is 3.45. The van der Waals surface area contributed by atoms with Gasteiger partial charge in [-0.05, 0) is 51.3 Å². The molecule has 0 amide bonds. The molecule has 2 N–H and O–H groups in total. The van der Waals surface area contributed by atoms with Crippen molar-refractivity contribution < 1.29 is 0 Å². The summed E-state index contributed by atoms with van der Waals surface area (Å²) in [5.74, 6) is 0. The summed E-state index contributed by atoms with van der Waals surface area (Å²) >= 11 is 0. The number of nitrogens with one attached hydrogen (secondary N) is 2. The topological polar surface area (TPSA) is 44.0 Å². The average Bonchev–Trinajstić information content (AvgIpc) is 2.75. The van der Waals surface area contributed by atoms with Crippen LogP contribution in [0.15, 0.2) is 24.5 Å². The molecule has 0 aliphatic heterocycles. The van der Waals surface area contributed by atoms with Gasteiger partial charge in [0.2, 0.25) is 0 Å². The molecule has 4 heteroatoms. The number of hydrogen-bond donors (Lipinski definition) is 2. The normalized spacial score (nSPS) is 11.5. The third-order valence-corrected chi connectivity index (χ3v) is 2.77. The summed E-state index contributed by atoms with van der Waals surface area (Å²) in [6, 6.07) is 6.34. The number of H-pyrrole nitrogens is 1. The van der Waals surface area contributed by atoms with Crippen molar-refractivity contribution in [3.63, 3.8) is 0 Å². The zero-order valence-corrected chi connectivity index (χ0v) is 10.5. The van der Waals surface area contributed by atoms with E-state index in [-0.39, 0.29) is 0 Å². The number of rotatable bonds is 6. The highest BCUT2D eigenvalue weighted by Gasteiger charge is 1.98. The Morgan fingerprint density at radius 1 is 1.35 bits per heavy atom. The minimum absolute atomic E-state index is 0.919. The van der Waals surface area contributed by atoms with Crippen LogP contribution in [0.5, 0.6) is 0 Å². The van der Waals surface area contributed by atoms with Gasteiger partial charge in [0.15, 0.2) is 0 Å². The van der Waals surface area contributed by atoms with Crippen molar-refractivity contribution in [2.45, 2.75) is 13.0 Å². The minimum atomic E-state index is 0.919. The first-order valence-corrected chi connectivity index (χ1v) is 6.03. The van der Waals surface area contributed by atoms with Gasteiger partial charge in [-0.1, -0.05) is 6.07 Å². The highest BCUT2D eigenvalue weighted by Crippen LogP contribution is 2.11. The number of imidazole rings is 1. The van der Waals surface area contributed by atoms with E-state index in [9.17, 15) is 0 Å². The molecule has 0 aliphatic rings. The summed E-state index contributed by atoms with van der Waals surface area (Å²) in [6.45, 7) is 3.11. The van der Waals surface area contributed by atoms with E-state index in [0.717, 1.165) is 30.7 Å². The third kappa shape index (κ3) is 3.54. The number of benzene rings is 1. The van der Waals surface area contributed by atoms with Crippen LogP contribution in [0.1, 0.15) is 12.0 Å². The van der Waals surface area contributed by atoms with Crippen LogP contribution < -0.4 is 5.32 Å². The first-order valence-electron chi connectivity index (χ1n) is 6.03. The summed E-state index contributed by atoms with van der Waals surface area (Å²) in [5.41, 5.74) is 3.44. The van der Waals surface area contributed by atoms with Gasteiger partial charge in [-0.15, -0.1) is 0 Å². The van der Waals surface area contributed by atoms with Gasteiger partial charge in [0, 0.05) is 6.54 Å². The van der Waals surface area contributed by atoms with Crippen molar-refractivity contribution in [3.05, 3.63) is 30.1 Å². The lowest BCUT2D eigenvalue weighted by molar-refractivity contribution is 0.394. The summed E-state index contributed by atoms with van der Waals surface area (Å²) in [6.07, 6.45) is 2.91. The molecule has 1 aromatic carbocycles. The molecule has 0 bridgehead atoms. The van der Waals surface area contributed by atoms with Crippen LogP contribution in [0.2, 0.25) is 0 Å². The monoisotopic (exact) mass is 232 g/mol. The first-order chi connectivity index (χ1) is 8.25. The lowest BCUT2D eigenvalue weighted by Crippen LogP contribution is -2.20. The van der Waals surface area contributed by atoms with E-state index in [4.69, 9.17) is 0 Å². The molecular formula is C13H20N4. The molecule has 2 rings (SSSR count). The third-order valence-electron chi connectivity index (χ3n) is 2.77. The lowest BCUT2D eigenvalue weighted by Gasteiger charge is -2.09. The van der Waals surface area contributed by atoms with Gasteiger partial charge in [0.05, 0.1) is 17.4 Å². The Labute approximate surface area is 102 Å². The largest absolute Gasteiger partial charge is 0.345 e. The van der Waals surface area contributed by atoms with E-state index in [1.54, 1.807) is 6.33 Å². The maximum Gasteiger partial charge on any atom is 0.0931 e. The Morgan fingerprint density at radius 2 is 2.24 bits per heavy atom. The van der Waals surface area contributed by atoms with Gasteiger partial charge in [0.1, 0.15) is 0 Å². The molecule has 0 unspecified atom stereocenters. The van der Waals surface area contributed by atoms with Crippen LogP contribution in [-0.4, -0.2) is 42.1 Å². The molecule has 1 heterocycles. The molecule has 0 radical (unpaired) electrons. The van der Waals surface area contributed by atoms with Gasteiger partial charge in [-0.25, -0.2) is 4.98 Å². The highest BCUT2D eigenvalue weighted by atomic mass is 15.1. The van der Waals surface area contributed by atoms with Gasteiger partial charge < -0.3 is 15.2 Å². The second-order valence-electron chi connectivity index (χ2n) is 4.59. The van der Waals surface area contributed by atoms with Crippen molar-refractivity contribution in [2.75, 3.05) is 27.2 Å². The van der Waals surface area contributed by atoms with Crippen molar-refractivity contribution in [3.8, 4) is 0 Å². The summed E-state index contributed by atoms with van der Waals surface area (Å²) in [4.78, 5) is 9.55. The van der Waals surface area contributed by atoms with Crippen LogP contribution in [0.25, 0.3) is 11.0 Å². The van der Waals surface area contributed by atoms with Crippen LogP contribution >= 0.6 is 0 Å². The Balaban J connectivity index is 1.78. The zero-order valence-electron chi connectivity index (χ0n) is 10.5. The fourth-order valence-corrected chi connectivity index (χ4v) is 1.85. The Morgan fingerprint density at radius 3 is 3.06 bits per heavy atom. The second-order valence-corrected chi connectivity index (χ2v) is 4.59. The molecule has 0 spiro atoms. The van der Waals surface area contributed by atoms with E-state index in [0.29, 0.717) is 0 Å². The molecule has 1 aromatic heterocycles. The maximum atomic E-state index is 4.21. The zero-order chi connectivity index (χ0) is 12.1. The van der Waals surface area contributed by atoms with Crippen molar-refractivity contribution in [2.24, 2.45) is 0 Å². The van der Waals surface area contributed by atoms with Crippen LogP contribution in [-0.2, 0) is 6.54 Å². The Kier molecular flexibility index (Phi) is 4.12. The SMILES string of the molecule is CN(C)CCCNCc1ccc2nc[nH]c2c1. The van der Waals surface area contributed by atoms with Crippen LogP contribution in [0.3, 0.4) is 0 Å². The lowest BCUT2D eigenvalue weighted by atomic mass is 10.2. The van der Waals surface area contributed by atoms with Crippen molar-refractivity contribution in [1.82, 2.24) is 20.2 Å². The van der Waals surface area contributed by atoms with E-state index >= 15 is 0 Å². The number of aromatic amines is 1. The number of hydrogen-bond acceptors (Lipinski definition) is 3. The smallest absolute Gasteiger partial charge is 0.0931 e. The minimum Gasteiger partial charge on any atom is -0.345 e. The number of nitrogens with zero attached hydrogens (tertiary/aromatic N) is 2. The van der Waals surface area contributed by atoms with Crippen LogP contribution in [0.4, 0.5) is 0 Å². The predicted octanol–water partition coefficient (Wildman–Crippen LogP) is 1.60. The average molecular weight is 232 g/mol. The number of aromatic nitrogens is 2. The molecule has 4 nitrogen and oxygen atoms in total. The van der Waals surface area contributed by atoms with Crippen molar-refractivity contribution >= 4 is 11.0 Å². The van der Waals surface area contributed by atoms with Crippen molar-refractivity contribution in [1.29, 1.82) is 0 Å². The molecule has 0 saturated heterocycles. The van der Waals surface area contributed by atoms with Gasteiger partial charge in [-0.3, -0.25) is 0 Å². The summed E-state index contributed by atoms with van der Waals surface area (Å²) in [7, 11) is 4.21.